The summed E-state index contributed by atoms with van der Waals surface area (Å²) in [6, 6.07) is 17.5. The van der Waals surface area contributed by atoms with Crippen LogP contribution in [0.15, 0.2) is 65.6 Å². The molecule has 0 spiro atoms. The van der Waals surface area contributed by atoms with Gasteiger partial charge in [0.2, 0.25) is 5.91 Å². The second-order valence-electron chi connectivity index (χ2n) is 6.62. The van der Waals surface area contributed by atoms with Crippen LogP contribution >= 0.6 is 0 Å². The number of carbonyl (C=O) groups is 1. The van der Waals surface area contributed by atoms with Gasteiger partial charge in [0.1, 0.15) is 5.75 Å². The van der Waals surface area contributed by atoms with Crippen LogP contribution in [-0.4, -0.2) is 28.0 Å². The molecule has 0 bridgehead atoms. The molecule has 1 fully saturated rings. The predicted octanol–water partition coefficient (Wildman–Crippen LogP) is 3.78. The molecule has 28 heavy (non-hydrogen) atoms. The third kappa shape index (κ3) is 3.29. The molecule has 0 radical (unpaired) electrons. The van der Waals surface area contributed by atoms with Crippen molar-refractivity contribution in [1.82, 2.24) is 0 Å². The number of nitrogens with one attached hydrogen (secondary N) is 1. The zero-order valence-corrected chi connectivity index (χ0v) is 16.2. The number of rotatable bonds is 5. The summed E-state index contributed by atoms with van der Waals surface area (Å²) in [6.45, 7) is 0.635. The number of nitrogens with zero attached hydrogens (tertiary/aromatic N) is 1. The molecule has 3 aromatic rings. The van der Waals surface area contributed by atoms with E-state index in [-0.39, 0.29) is 10.8 Å². The maximum atomic E-state index is 13.0. The number of ether oxygens (including phenoxy) is 1. The molecule has 4 rings (SSSR count). The smallest absolute Gasteiger partial charge is 0.262 e. The molecule has 144 valence electrons. The van der Waals surface area contributed by atoms with Crippen LogP contribution in [0.1, 0.15) is 12.8 Å². The molecule has 0 atom stereocenters. The zero-order valence-electron chi connectivity index (χ0n) is 15.4. The van der Waals surface area contributed by atoms with Gasteiger partial charge in [0.25, 0.3) is 10.0 Å². The number of benzene rings is 3. The standard InChI is InChI=1S/C21H20N2O4S/c1-27-19-14-16(11-12-18(19)23-13-5-10-21(23)24)22-28(25,26)20-9-4-7-15-6-2-3-8-17(15)20/h2-4,6-9,11-12,14,22H,5,10,13H2,1H3. The molecular weight excluding hydrogens is 376 g/mol. The molecule has 0 saturated carbocycles. The predicted molar refractivity (Wildman–Crippen MR) is 109 cm³/mol. The molecule has 1 heterocycles. The largest absolute Gasteiger partial charge is 0.494 e. The number of fused-ring (bicyclic) bond motifs is 1. The fourth-order valence-electron chi connectivity index (χ4n) is 3.51. The summed E-state index contributed by atoms with van der Waals surface area (Å²) >= 11 is 0. The number of hydrogen-bond acceptors (Lipinski definition) is 4. The Morgan fingerprint density at radius 3 is 2.57 bits per heavy atom. The van der Waals surface area contributed by atoms with E-state index in [2.05, 4.69) is 4.72 Å². The highest BCUT2D eigenvalue weighted by atomic mass is 32.2. The summed E-state index contributed by atoms with van der Waals surface area (Å²) in [6.07, 6.45) is 1.32. The molecule has 1 N–H and O–H groups in total. The first-order chi connectivity index (χ1) is 13.5. The van der Waals surface area contributed by atoms with Gasteiger partial charge in [-0.25, -0.2) is 8.42 Å². The highest BCUT2D eigenvalue weighted by Crippen LogP contribution is 2.35. The average molecular weight is 396 g/mol. The van der Waals surface area contributed by atoms with Gasteiger partial charge in [-0.05, 0) is 30.0 Å². The molecule has 0 aromatic heterocycles. The number of hydrogen-bond donors (Lipinski definition) is 1. The summed E-state index contributed by atoms with van der Waals surface area (Å²) < 4.78 is 34.0. The third-order valence-electron chi connectivity index (χ3n) is 4.84. The van der Waals surface area contributed by atoms with Gasteiger partial charge >= 0.3 is 0 Å². The van der Waals surface area contributed by atoms with Gasteiger partial charge in [-0.1, -0.05) is 36.4 Å². The van der Waals surface area contributed by atoms with Crippen LogP contribution in [0.4, 0.5) is 11.4 Å². The number of amides is 1. The first-order valence-electron chi connectivity index (χ1n) is 8.98. The topological polar surface area (TPSA) is 75.7 Å². The first kappa shape index (κ1) is 18.3. The molecule has 0 unspecified atom stereocenters. The van der Waals surface area contributed by atoms with Crippen molar-refractivity contribution in [2.75, 3.05) is 23.3 Å². The van der Waals surface area contributed by atoms with Gasteiger partial charge in [0.05, 0.1) is 23.4 Å². The molecule has 3 aromatic carbocycles. The van der Waals surface area contributed by atoms with E-state index in [1.54, 1.807) is 41.3 Å². The van der Waals surface area contributed by atoms with Crippen LogP contribution in [0.5, 0.6) is 5.75 Å². The van der Waals surface area contributed by atoms with E-state index < -0.39 is 10.0 Å². The minimum Gasteiger partial charge on any atom is -0.494 e. The maximum Gasteiger partial charge on any atom is 0.262 e. The van der Waals surface area contributed by atoms with Crippen molar-refractivity contribution >= 4 is 38.1 Å². The lowest BCUT2D eigenvalue weighted by atomic mass is 10.1. The highest BCUT2D eigenvalue weighted by Gasteiger charge is 2.25. The fourth-order valence-corrected chi connectivity index (χ4v) is 4.79. The number of carbonyl (C=O) groups excluding carboxylic acids is 1. The lowest BCUT2D eigenvalue weighted by Gasteiger charge is -2.20. The Morgan fingerprint density at radius 2 is 1.82 bits per heavy atom. The molecule has 1 aliphatic heterocycles. The van der Waals surface area contributed by atoms with Crippen LogP contribution in [0.3, 0.4) is 0 Å². The second kappa shape index (κ2) is 7.16. The quantitative estimate of drug-likeness (QED) is 0.712. The zero-order chi connectivity index (χ0) is 19.7. The van der Waals surface area contributed by atoms with Gasteiger partial charge in [-0.3, -0.25) is 9.52 Å². The molecule has 1 amide bonds. The van der Waals surface area contributed by atoms with E-state index in [9.17, 15) is 13.2 Å². The average Bonchev–Trinajstić information content (AvgIpc) is 3.12. The number of anilines is 2. The van der Waals surface area contributed by atoms with E-state index >= 15 is 0 Å². The van der Waals surface area contributed by atoms with Crippen LogP contribution in [-0.2, 0) is 14.8 Å². The van der Waals surface area contributed by atoms with Crippen LogP contribution in [0, 0.1) is 0 Å². The minimum absolute atomic E-state index is 0.0439. The van der Waals surface area contributed by atoms with Crippen LogP contribution < -0.4 is 14.4 Å². The Kier molecular flexibility index (Phi) is 4.68. The Bertz CT molecular complexity index is 1150. The van der Waals surface area contributed by atoms with Crippen molar-refractivity contribution in [2.24, 2.45) is 0 Å². The molecular formula is C21H20N2O4S. The maximum absolute atomic E-state index is 13.0. The van der Waals surface area contributed by atoms with Gasteiger partial charge in [0, 0.05) is 24.4 Å². The van der Waals surface area contributed by atoms with E-state index in [0.29, 0.717) is 35.5 Å². The summed E-state index contributed by atoms with van der Waals surface area (Å²) in [5.41, 5.74) is 1.03. The van der Waals surface area contributed by atoms with E-state index in [0.717, 1.165) is 11.8 Å². The first-order valence-corrected chi connectivity index (χ1v) is 10.5. The normalized spacial score (nSPS) is 14.5. The monoisotopic (exact) mass is 396 g/mol. The summed E-state index contributed by atoms with van der Waals surface area (Å²) in [7, 11) is -2.29. The lowest BCUT2D eigenvalue weighted by Crippen LogP contribution is -2.24. The number of methoxy groups -OCH3 is 1. The fraction of sp³-hybridized carbons (Fsp3) is 0.190. The van der Waals surface area contributed by atoms with Crippen molar-refractivity contribution in [3.05, 3.63) is 60.7 Å². The SMILES string of the molecule is COc1cc(NS(=O)(=O)c2cccc3ccccc23)ccc1N1CCCC1=O. The van der Waals surface area contributed by atoms with Crippen molar-refractivity contribution in [1.29, 1.82) is 0 Å². The van der Waals surface area contributed by atoms with Crippen LogP contribution in [0.2, 0.25) is 0 Å². The summed E-state index contributed by atoms with van der Waals surface area (Å²) in [5, 5.41) is 1.51. The van der Waals surface area contributed by atoms with Crippen molar-refractivity contribution in [3.8, 4) is 5.75 Å². The van der Waals surface area contributed by atoms with E-state index in [1.165, 1.54) is 7.11 Å². The molecule has 6 nitrogen and oxygen atoms in total. The van der Waals surface area contributed by atoms with Crippen molar-refractivity contribution < 1.29 is 17.9 Å². The lowest BCUT2D eigenvalue weighted by molar-refractivity contribution is -0.117. The van der Waals surface area contributed by atoms with Gasteiger partial charge in [0.15, 0.2) is 0 Å². The molecule has 7 heteroatoms. The Morgan fingerprint density at radius 1 is 1.04 bits per heavy atom. The molecule has 0 aliphatic carbocycles. The Labute approximate surface area is 163 Å². The second-order valence-corrected chi connectivity index (χ2v) is 8.27. The number of sulfonamides is 1. The molecule has 1 saturated heterocycles. The Balaban J connectivity index is 1.69. The summed E-state index contributed by atoms with van der Waals surface area (Å²) in [5.74, 6) is 0.496. The van der Waals surface area contributed by atoms with Gasteiger partial charge < -0.3 is 9.64 Å². The van der Waals surface area contributed by atoms with Crippen LogP contribution in [0.25, 0.3) is 10.8 Å². The minimum atomic E-state index is -3.79. The molecule has 1 aliphatic rings. The van der Waals surface area contributed by atoms with Crippen molar-refractivity contribution in [3.63, 3.8) is 0 Å². The van der Waals surface area contributed by atoms with Crippen molar-refractivity contribution in [2.45, 2.75) is 17.7 Å². The van der Waals surface area contributed by atoms with E-state index in [1.807, 2.05) is 24.3 Å². The highest BCUT2D eigenvalue weighted by molar-refractivity contribution is 7.93. The van der Waals surface area contributed by atoms with Gasteiger partial charge in [-0.2, -0.15) is 0 Å². The van der Waals surface area contributed by atoms with Gasteiger partial charge in [-0.15, -0.1) is 0 Å². The third-order valence-corrected chi connectivity index (χ3v) is 6.27. The summed E-state index contributed by atoms with van der Waals surface area (Å²) in [4.78, 5) is 13.9. The Hall–Kier alpha value is -3.06. The van der Waals surface area contributed by atoms with E-state index in [4.69, 9.17) is 4.74 Å².